The molecule has 0 spiro atoms. The summed E-state index contributed by atoms with van der Waals surface area (Å²) in [5, 5.41) is 9.14. The van der Waals surface area contributed by atoms with Gasteiger partial charge in [0.1, 0.15) is 18.2 Å². The van der Waals surface area contributed by atoms with Crippen LogP contribution in [0.15, 0.2) is 24.3 Å². The summed E-state index contributed by atoms with van der Waals surface area (Å²) in [5.74, 6) is 0.566. The monoisotopic (exact) mass is 301 g/mol. The summed E-state index contributed by atoms with van der Waals surface area (Å²) in [6, 6.07) is 7.32. The molecule has 22 heavy (non-hydrogen) atoms. The van der Waals surface area contributed by atoms with Crippen molar-refractivity contribution in [3.8, 4) is 5.75 Å². The Morgan fingerprint density at radius 3 is 2.41 bits per heavy atom. The molecule has 6 nitrogen and oxygen atoms in total. The Balaban J connectivity index is 2.27. The topological polar surface area (TPSA) is 75.6 Å². The van der Waals surface area contributed by atoms with Gasteiger partial charge < -0.3 is 14.7 Å². The minimum Gasteiger partial charge on any atom is -0.485 e. The molecule has 0 unspecified atom stereocenters. The molecular weight excluding hydrogens is 282 g/mol. The number of aromatic carboxylic acids is 1. The third-order valence-electron chi connectivity index (χ3n) is 3.19. The Morgan fingerprint density at radius 2 is 1.86 bits per heavy atom. The van der Waals surface area contributed by atoms with E-state index in [-0.39, 0.29) is 12.3 Å². The molecule has 2 aromatic rings. The van der Waals surface area contributed by atoms with Crippen molar-refractivity contribution in [2.75, 3.05) is 19.0 Å². The van der Waals surface area contributed by atoms with Crippen molar-refractivity contribution in [3.05, 3.63) is 46.9 Å². The van der Waals surface area contributed by atoms with E-state index in [1.807, 2.05) is 32.0 Å². The van der Waals surface area contributed by atoms with Gasteiger partial charge in [-0.1, -0.05) is 18.2 Å². The van der Waals surface area contributed by atoms with Crippen molar-refractivity contribution in [1.82, 2.24) is 9.97 Å². The fraction of sp³-hybridized carbons (Fsp3) is 0.312. The van der Waals surface area contributed by atoms with Crippen LogP contribution in [0, 0.1) is 13.8 Å². The summed E-state index contributed by atoms with van der Waals surface area (Å²) in [4.78, 5) is 21.2. The van der Waals surface area contributed by atoms with Gasteiger partial charge in [-0.3, -0.25) is 0 Å². The second-order valence-corrected chi connectivity index (χ2v) is 5.24. The number of nitrogens with zero attached hydrogens (tertiary/aromatic N) is 3. The van der Waals surface area contributed by atoms with Gasteiger partial charge in [0.2, 0.25) is 0 Å². The Bertz CT molecular complexity index is 679. The summed E-state index contributed by atoms with van der Waals surface area (Å²) in [5.41, 5.74) is 1.99. The van der Waals surface area contributed by atoms with Gasteiger partial charge in [0.05, 0.1) is 0 Å². The van der Waals surface area contributed by atoms with Crippen LogP contribution in [0.1, 0.15) is 27.4 Å². The standard InChI is InChI=1S/C16H19N3O3/c1-10-6-5-7-11(2)15(10)22-9-13-17-12(16(20)21)8-14(18-13)19(3)4/h5-8H,9H2,1-4H3,(H,20,21). The lowest BCUT2D eigenvalue weighted by Gasteiger charge is -2.14. The van der Waals surface area contributed by atoms with Crippen LogP contribution in [0.2, 0.25) is 0 Å². The van der Waals surface area contributed by atoms with Crippen LogP contribution in [0.25, 0.3) is 0 Å². The number of ether oxygens (including phenoxy) is 1. The van der Waals surface area contributed by atoms with Gasteiger partial charge in [-0.2, -0.15) is 0 Å². The highest BCUT2D eigenvalue weighted by molar-refractivity contribution is 5.86. The molecule has 1 aromatic heterocycles. The van der Waals surface area contributed by atoms with E-state index in [1.54, 1.807) is 19.0 Å². The average Bonchev–Trinajstić information content (AvgIpc) is 2.46. The lowest BCUT2D eigenvalue weighted by molar-refractivity contribution is 0.0689. The minimum absolute atomic E-state index is 0.0428. The summed E-state index contributed by atoms with van der Waals surface area (Å²) < 4.78 is 5.79. The van der Waals surface area contributed by atoms with E-state index in [1.165, 1.54) is 6.07 Å². The summed E-state index contributed by atoms with van der Waals surface area (Å²) in [7, 11) is 3.59. The van der Waals surface area contributed by atoms with Gasteiger partial charge >= 0.3 is 5.97 Å². The van der Waals surface area contributed by atoms with Crippen LogP contribution in [0.3, 0.4) is 0 Å². The van der Waals surface area contributed by atoms with E-state index in [0.717, 1.165) is 16.9 Å². The quantitative estimate of drug-likeness (QED) is 0.914. The fourth-order valence-corrected chi connectivity index (χ4v) is 2.05. The molecule has 1 heterocycles. The molecule has 0 saturated carbocycles. The third kappa shape index (κ3) is 3.52. The second-order valence-electron chi connectivity index (χ2n) is 5.24. The Morgan fingerprint density at radius 1 is 1.23 bits per heavy atom. The number of hydrogen-bond acceptors (Lipinski definition) is 5. The summed E-state index contributed by atoms with van der Waals surface area (Å²) in [6.45, 7) is 4.04. The molecule has 0 atom stereocenters. The third-order valence-corrected chi connectivity index (χ3v) is 3.19. The number of carbonyl (C=O) groups is 1. The Labute approximate surface area is 129 Å². The molecule has 0 aliphatic carbocycles. The van der Waals surface area contributed by atoms with Crippen LogP contribution < -0.4 is 9.64 Å². The highest BCUT2D eigenvalue weighted by Gasteiger charge is 2.13. The zero-order chi connectivity index (χ0) is 16.3. The molecule has 1 N–H and O–H groups in total. The van der Waals surface area contributed by atoms with Crippen molar-refractivity contribution >= 4 is 11.8 Å². The van der Waals surface area contributed by atoms with Crippen LogP contribution in [0.4, 0.5) is 5.82 Å². The largest absolute Gasteiger partial charge is 0.485 e. The zero-order valence-electron chi connectivity index (χ0n) is 13.1. The molecular formula is C16H19N3O3. The molecule has 0 amide bonds. The molecule has 0 aliphatic heterocycles. The zero-order valence-corrected chi connectivity index (χ0v) is 13.1. The number of aryl methyl sites for hydroxylation is 2. The summed E-state index contributed by atoms with van der Waals surface area (Å²) in [6.07, 6.45) is 0. The minimum atomic E-state index is -1.08. The molecule has 116 valence electrons. The first kappa shape index (κ1) is 15.8. The molecule has 0 aliphatic rings. The van der Waals surface area contributed by atoms with E-state index in [2.05, 4.69) is 9.97 Å². The average molecular weight is 301 g/mol. The fourth-order valence-electron chi connectivity index (χ4n) is 2.05. The first-order valence-corrected chi connectivity index (χ1v) is 6.86. The number of anilines is 1. The van der Waals surface area contributed by atoms with Gasteiger partial charge in [0.15, 0.2) is 11.5 Å². The molecule has 0 radical (unpaired) electrons. The van der Waals surface area contributed by atoms with Gasteiger partial charge in [-0.05, 0) is 25.0 Å². The van der Waals surface area contributed by atoms with Crippen LogP contribution >= 0.6 is 0 Å². The summed E-state index contributed by atoms with van der Waals surface area (Å²) >= 11 is 0. The van der Waals surface area contributed by atoms with Gasteiger partial charge in [0, 0.05) is 20.2 Å². The molecule has 1 aromatic carbocycles. The van der Waals surface area contributed by atoms with E-state index < -0.39 is 5.97 Å². The maximum atomic E-state index is 11.2. The number of carboxylic acids is 1. The van der Waals surface area contributed by atoms with Crippen molar-refractivity contribution < 1.29 is 14.6 Å². The van der Waals surface area contributed by atoms with Crippen LogP contribution in [-0.4, -0.2) is 35.1 Å². The Hall–Kier alpha value is -2.63. The smallest absolute Gasteiger partial charge is 0.354 e. The highest BCUT2D eigenvalue weighted by atomic mass is 16.5. The normalized spacial score (nSPS) is 10.4. The predicted octanol–water partition coefficient (Wildman–Crippen LogP) is 2.44. The van der Waals surface area contributed by atoms with Crippen molar-refractivity contribution in [1.29, 1.82) is 0 Å². The molecule has 6 heteroatoms. The molecule has 2 rings (SSSR count). The SMILES string of the molecule is Cc1cccc(C)c1OCc1nc(C(=O)O)cc(N(C)C)n1. The predicted molar refractivity (Wildman–Crippen MR) is 83.6 cm³/mol. The van der Waals surface area contributed by atoms with E-state index in [4.69, 9.17) is 9.84 Å². The van der Waals surface area contributed by atoms with E-state index in [9.17, 15) is 4.79 Å². The lowest BCUT2D eigenvalue weighted by atomic mass is 10.1. The lowest BCUT2D eigenvalue weighted by Crippen LogP contribution is -2.16. The van der Waals surface area contributed by atoms with Gasteiger partial charge in [0.25, 0.3) is 0 Å². The van der Waals surface area contributed by atoms with Crippen molar-refractivity contribution in [2.24, 2.45) is 0 Å². The van der Waals surface area contributed by atoms with Crippen LogP contribution in [0.5, 0.6) is 5.75 Å². The van der Waals surface area contributed by atoms with E-state index >= 15 is 0 Å². The highest BCUT2D eigenvalue weighted by Crippen LogP contribution is 2.23. The number of rotatable bonds is 5. The van der Waals surface area contributed by atoms with E-state index in [0.29, 0.717) is 11.6 Å². The van der Waals surface area contributed by atoms with Crippen molar-refractivity contribution in [2.45, 2.75) is 20.5 Å². The molecule has 0 bridgehead atoms. The number of para-hydroxylation sites is 1. The van der Waals surface area contributed by atoms with Crippen molar-refractivity contribution in [3.63, 3.8) is 0 Å². The van der Waals surface area contributed by atoms with Gasteiger partial charge in [-0.25, -0.2) is 14.8 Å². The maximum Gasteiger partial charge on any atom is 0.354 e. The van der Waals surface area contributed by atoms with Gasteiger partial charge in [-0.15, -0.1) is 0 Å². The number of hydrogen-bond donors (Lipinski definition) is 1. The number of benzene rings is 1. The number of aromatic nitrogens is 2. The second kappa shape index (κ2) is 6.43. The first-order chi connectivity index (χ1) is 10.4. The molecule has 0 fully saturated rings. The molecule has 0 saturated heterocycles. The number of carboxylic acid groups (broad SMARTS) is 1. The first-order valence-electron chi connectivity index (χ1n) is 6.86. The maximum absolute atomic E-state index is 11.2. The van der Waals surface area contributed by atoms with Crippen LogP contribution in [-0.2, 0) is 6.61 Å². The Kier molecular flexibility index (Phi) is 4.60.